The molecule has 1 amide bonds. The fourth-order valence-electron chi connectivity index (χ4n) is 1.14. The lowest BCUT2D eigenvalue weighted by molar-refractivity contribution is -0.133. The Bertz CT molecular complexity index is 489. The molecule has 0 aliphatic carbocycles. The van der Waals surface area contributed by atoms with Crippen LogP contribution in [-0.4, -0.2) is 23.6 Å². The van der Waals surface area contributed by atoms with E-state index in [9.17, 15) is 9.18 Å². The van der Waals surface area contributed by atoms with E-state index < -0.39 is 17.3 Å². The molecule has 0 unspecified atom stereocenters. The number of halogens is 1. The normalized spacial score (nSPS) is 11.1. The molecule has 0 aliphatic rings. The Balaban J connectivity index is 2.93. The van der Waals surface area contributed by atoms with Crippen molar-refractivity contribution in [2.75, 3.05) is 12.4 Å². The second kappa shape index (κ2) is 5.41. The number of nitrogens with one attached hydrogen (secondary N) is 1. The van der Waals surface area contributed by atoms with Crippen LogP contribution in [0.1, 0.15) is 19.4 Å². The maximum Gasteiger partial charge on any atom is 0.256 e. The average Bonchev–Trinajstić information content (AvgIpc) is 2.31. The third-order valence-corrected chi connectivity index (χ3v) is 2.79. The summed E-state index contributed by atoms with van der Waals surface area (Å²) in [5, 5.41) is 2.44. The lowest BCUT2D eigenvalue weighted by Crippen LogP contribution is -2.39. The number of ether oxygens (including phenoxy) is 1. The van der Waals surface area contributed by atoms with Gasteiger partial charge in [-0.3, -0.25) is 4.79 Å². The third-order valence-electron chi connectivity index (χ3n) is 2.56. The van der Waals surface area contributed by atoms with E-state index in [0.717, 1.165) is 0 Å². The fraction of sp³-hybridized carbons (Fsp3) is 0.333. The molecule has 4 nitrogen and oxygen atoms in total. The van der Waals surface area contributed by atoms with Gasteiger partial charge < -0.3 is 15.8 Å². The first-order chi connectivity index (χ1) is 8.27. The van der Waals surface area contributed by atoms with Gasteiger partial charge in [0, 0.05) is 12.7 Å². The van der Waals surface area contributed by atoms with E-state index in [1.54, 1.807) is 19.9 Å². The predicted molar refractivity (Wildman–Crippen MR) is 72.0 cm³/mol. The minimum atomic E-state index is -1.03. The van der Waals surface area contributed by atoms with Gasteiger partial charge in [-0.2, -0.15) is 0 Å². The van der Waals surface area contributed by atoms with Gasteiger partial charge in [-0.1, -0.05) is 12.2 Å². The van der Waals surface area contributed by atoms with Crippen LogP contribution in [0.3, 0.4) is 0 Å². The second-order valence-corrected chi connectivity index (χ2v) is 4.67. The van der Waals surface area contributed by atoms with Crippen molar-refractivity contribution in [3.8, 4) is 0 Å². The molecule has 0 saturated heterocycles. The molecule has 18 heavy (non-hydrogen) atoms. The molecule has 0 heterocycles. The van der Waals surface area contributed by atoms with Gasteiger partial charge in [0.05, 0.1) is 5.69 Å². The van der Waals surface area contributed by atoms with Crippen LogP contribution in [0.2, 0.25) is 0 Å². The van der Waals surface area contributed by atoms with Crippen molar-refractivity contribution in [3.05, 3.63) is 29.6 Å². The molecule has 0 aliphatic heterocycles. The lowest BCUT2D eigenvalue weighted by Gasteiger charge is -2.21. The van der Waals surface area contributed by atoms with E-state index in [1.807, 2.05) is 0 Å². The first-order valence-corrected chi connectivity index (χ1v) is 5.64. The summed E-state index contributed by atoms with van der Waals surface area (Å²) in [5.41, 5.74) is 4.82. The van der Waals surface area contributed by atoms with Crippen LogP contribution in [0.4, 0.5) is 10.1 Å². The highest BCUT2D eigenvalue weighted by Gasteiger charge is 2.27. The Morgan fingerprint density at radius 2 is 2.11 bits per heavy atom. The highest BCUT2D eigenvalue weighted by Crippen LogP contribution is 2.18. The van der Waals surface area contributed by atoms with Crippen LogP contribution in [-0.2, 0) is 9.53 Å². The molecule has 0 atom stereocenters. The lowest BCUT2D eigenvalue weighted by atomic mass is 10.1. The number of amides is 1. The summed E-state index contributed by atoms with van der Waals surface area (Å²) in [7, 11) is 1.41. The minimum Gasteiger partial charge on any atom is -0.389 e. The first-order valence-electron chi connectivity index (χ1n) is 5.24. The number of anilines is 1. The van der Waals surface area contributed by atoms with Gasteiger partial charge in [-0.05, 0) is 32.0 Å². The Morgan fingerprint density at radius 3 is 2.56 bits per heavy atom. The van der Waals surface area contributed by atoms with Crippen LogP contribution < -0.4 is 11.1 Å². The zero-order chi connectivity index (χ0) is 13.9. The molecule has 0 spiro atoms. The molecule has 6 heteroatoms. The van der Waals surface area contributed by atoms with Crippen LogP contribution in [0.5, 0.6) is 0 Å². The second-order valence-electron chi connectivity index (χ2n) is 4.23. The summed E-state index contributed by atoms with van der Waals surface area (Å²) in [6.07, 6.45) is 0. The van der Waals surface area contributed by atoms with E-state index in [-0.39, 0.29) is 10.7 Å². The standard InChI is InChI=1S/C12H15FN2O2S/c1-12(2,17-3)11(16)15-9-5-4-7(10(14)18)6-8(9)13/h4-6H,1-3H3,(H2,14,18)(H,15,16). The van der Waals surface area contributed by atoms with Gasteiger partial charge in [-0.25, -0.2) is 4.39 Å². The molecule has 1 aromatic rings. The van der Waals surface area contributed by atoms with Crippen LogP contribution in [0.15, 0.2) is 18.2 Å². The number of methoxy groups -OCH3 is 1. The number of carbonyl (C=O) groups is 1. The molecule has 0 bridgehead atoms. The Morgan fingerprint density at radius 1 is 1.50 bits per heavy atom. The maximum atomic E-state index is 13.7. The number of rotatable bonds is 4. The summed E-state index contributed by atoms with van der Waals surface area (Å²) in [6, 6.07) is 4.13. The van der Waals surface area contributed by atoms with Crippen molar-refractivity contribution in [1.29, 1.82) is 0 Å². The zero-order valence-electron chi connectivity index (χ0n) is 10.4. The largest absolute Gasteiger partial charge is 0.389 e. The summed E-state index contributed by atoms with van der Waals surface area (Å²) < 4.78 is 18.7. The number of carbonyl (C=O) groups excluding carboxylic acids is 1. The van der Waals surface area contributed by atoms with E-state index in [2.05, 4.69) is 5.32 Å². The predicted octanol–water partition coefficient (Wildman–Crippen LogP) is 1.82. The van der Waals surface area contributed by atoms with Crippen LogP contribution >= 0.6 is 12.2 Å². The number of hydrogen-bond donors (Lipinski definition) is 2. The number of thiocarbonyl (C=S) groups is 1. The SMILES string of the molecule is COC(C)(C)C(=O)Nc1ccc(C(N)=S)cc1F. The Labute approximate surface area is 110 Å². The van der Waals surface area contributed by atoms with Crippen molar-refractivity contribution < 1.29 is 13.9 Å². The number of nitrogens with two attached hydrogens (primary N) is 1. The summed E-state index contributed by atoms with van der Waals surface area (Å²) in [6.45, 7) is 3.17. The zero-order valence-corrected chi connectivity index (χ0v) is 11.2. The Hall–Kier alpha value is -1.53. The molecular formula is C12H15FN2O2S. The van der Waals surface area contributed by atoms with E-state index >= 15 is 0 Å². The third kappa shape index (κ3) is 3.24. The maximum absolute atomic E-state index is 13.7. The average molecular weight is 270 g/mol. The van der Waals surface area contributed by atoms with Crippen molar-refractivity contribution in [2.45, 2.75) is 19.4 Å². The summed E-state index contributed by atoms with van der Waals surface area (Å²) in [5.74, 6) is -1.03. The molecule has 0 radical (unpaired) electrons. The van der Waals surface area contributed by atoms with Gasteiger partial charge in [0.15, 0.2) is 0 Å². The van der Waals surface area contributed by atoms with Gasteiger partial charge in [0.25, 0.3) is 5.91 Å². The van der Waals surface area contributed by atoms with Crippen LogP contribution in [0.25, 0.3) is 0 Å². The number of hydrogen-bond acceptors (Lipinski definition) is 3. The smallest absolute Gasteiger partial charge is 0.256 e. The molecule has 1 rings (SSSR count). The molecule has 0 fully saturated rings. The van der Waals surface area contributed by atoms with E-state index in [0.29, 0.717) is 5.56 Å². The van der Waals surface area contributed by atoms with Crippen molar-refractivity contribution in [3.63, 3.8) is 0 Å². The number of benzene rings is 1. The van der Waals surface area contributed by atoms with Gasteiger partial charge >= 0.3 is 0 Å². The monoisotopic (exact) mass is 270 g/mol. The van der Waals surface area contributed by atoms with Gasteiger partial charge in [-0.15, -0.1) is 0 Å². The van der Waals surface area contributed by atoms with Crippen LogP contribution in [0, 0.1) is 5.82 Å². The quantitative estimate of drug-likeness (QED) is 0.819. The molecule has 1 aromatic carbocycles. The molecule has 98 valence electrons. The van der Waals surface area contributed by atoms with Gasteiger partial charge in [0.1, 0.15) is 16.4 Å². The van der Waals surface area contributed by atoms with Crippen molar-refractivity contribution in [2.24, 2.45) is 5.73 Å². The minimum absolute atomic E-state index is 0.0603. The summed E-state index contributed by atoms with van der Waals surface area (Å²) >= 11 is 4.73. The fourth-order valence-corrected chi connectivity index (χ4v) is 1.26. The highest BCUT2D eigenvalue weighted by atomic mass is 32.1. The van der Waals surface area contributed by atoms with Crippen molar-refractivity contribution in [1.82, 2.24) is 0 Å². The van der Waals surface area contributed by atoms with E-state index in [1.165, 1.54) is 19.2 Å². The molecule has 0 aromatic heterocycles. The van der Waals surface area contributed by atoms with E-state index in [4.69, 9.17) is 22.7 Å². The molecular weight excluding hydrogens is 255 g/mol. The topological polar surface area (TPSA) is 64.3 Å². The highest BCUT2D eigenvalue weighted by molar-refractivity contribution is 7.80. The van der Waals surface area contributed by atoms with Crippen molar-refractivity contribution >= 4 is 28.8 Å². The summed E-state index contributed by atoms with van der Waals surface area (Å²) in [4.78, 5) is 11.9. The Kier molecular flexibility index (Phi) is 4.37. The molecule has 3 N–H and O–H groups in total. The van der Waals surface area contributed by atoms with Gasteiger partial charge in [0.2, 0.25) is 0 Å². The first kappa shape index (κ1) is 14.5. The molecule has 0 saturated carbocycles.